The third-order valence-corrected chi connectivity index (χ3v) is 13.0. The molecule has 10 unspecified atom stereocenters. The van der Waals surface area contributed by atoms with Crippen molar-refractivity contribution in [2.24, 2.45) is 45.3 Å². The Hall–Kier alpha value is -0.340. The van der Waals surface area contributed by atoms with Crippen molar-refractivity contribution in [2.75, 3.05) is 0 Å². The number of ether oxygens (including phenoxy) is 1. The molecule has 1 heterocycles. The minimum atomic E-state index is -0.131. The lowest BCUT2D eigenvalue weighted by atomic mass is 9.35. The summed E-state index contributed by atoms with van der Waals surface area (Å²) in [6.45, 7) is 21.5. The van der Waals surface area contributed by atoms with Crippen molar-refractivity contribution < 1.29 is 9.84 Å². The van der Waals surface area contributed by atoms with Crippen LogP contribution in [0.15, 0.2) is 12.2 Å². The first-order valence-electron chi connectivity index (χ1n) is 13.8. The van der Waals surface area contributed by atoms with Crippen molar-refractivity contribution in [1.82, 2.24) is 0 Å². The summed E-state index contributed by atoms with van der Waals surface area (Å²) < 4.78 is 6.77. The maximum Gasteiger partial charge on any atom is 0.0788 e. The van der Waals surface area contributed by atoms with E-state index in [1.165, 1.54) is 56.9 Å². The molecule has 1 saturated heterocycles. The zero-order chi connectivity index (χ0) is 23.3. The van der Waals surface area contributed by atoms with Gasteiger partial charge in [-0.25, -0.2) is 0 Å². The van der Waals surface area contributed by atoms with Crippen molar-refractivity contribution in [3.05, 3.63) is 12.2 Å². The van der Waals surface area contributed by atoms with Crippen LogP contribution in [-0.2, 0) is 4.74 Å². The third-order valence-electron chi connectivity index (χ3n) is 13.0. The van der Waals surface area contributed by atoms with Gasteiger partial charge in [-0.1, -0.05) is 46.8 Å². The van der Waals surface area contributed by atoms with E-state index in [4.69, 9.17) is 4.74 Å². The fourth-order valence-electron chi connectivity index (χ4n) is 10.9. The molecular weight excluding hydrogens is 392 g/mol. The van der Waals surface area contributed by atoms with Gasteiger partial charge in [0.05, 0.1) is 17.8 Å². The van der Waals surface area contributed by atoms with E-state index >= 15 is 0 Å². The van der Waals surface area contributed by atoms with Crippen LogP contribution in [0.4, 0.5) is 0 Å². The lowest BCUT2D eigenvalue weighted by molar-refractivity contribution is -0.225. The van der Waals surface area contributed by atoms with Gasteiger partial charge in [0.2, 0.25) is 0 Å². The van der Waals surface area contributed by atoms with Gasteiger partial charge in [-0.05, 0) is 123 Å². The second-order valence-corrected chi connectivity index (χ2v) is 14.5. The lowest BCUT2D eigenvalue weighted by Crippen LogP contribution is -2.64. The molecule has 182 valence electrons. The second-order valence-electron chi connectivity index (χ2n) is 14.5. The average Bonchev–Trinajstić information content (AvgIpc) is 3.28. The number of aliphatic hydroxyl groups is 1. The van der Waals surface area contributed by atoms with E-state index in [9.17, 15) is 5.11 Å². The molecule has 0 radical (unpaired) electrons. The normalized spacial score (nSPS) is 56.9. The zero-order valence-corrected chi connectivity index (χ0v) is 22.1. The van der Waals surface area contributed by atoms with Crippen LogP contribution in [0, 0.1) is 45.3 Å². The number of fused-ring (bicyclic) bond motifs is 5. The SMILES string of the molecule is C=C(C)C1CCC(C)(C2CCC3(C)C2CCC2C4(C)CCC(O)C(C)(C)C4CCC23C)O1. The van der Waals surface area contributed by atoms with Gasteiger partial charge in [0, 0.05) is 0 Å². The van der Waals surface area contributed by atoms with Crippen LogP contribution in [0.25, 0.3) is 0 Å². The van der Waals surface area contributed by atoms with E-state index in [1.54, 1.807) is 0 Å². The molecule has 0 aromatic heterocycles. The van der Waals surface area contributed by atoms with E-state index in [2.05, 4.69) is 55.0 Å². The Morgan fingerprint density at radius 3 is 2.09 bits per heavy atom. The van der Waals surface area contributed by atoms with Gasteiger partial charge in [-0.3, -0.25) is 0 Å². The Morgan fingerprint density at radius 1 is 0.750 bits per heavy atom. The first-order valence-corrected chi connectivity index (χ1v) is 13.8. The maximum atomic E-state index is 10.9. The summed E-state index contributed by atoms with van der Waals surface area (Å²) in [4.78, 5) is 0. The lowest BCUT2D eigenvalue weighted by Gasteiger charge is -2.70. The maximum absolute atomic E-state index is 10.9. The molecule has 5 rings (SSSR count). The predicted molar refractivity (Wildman–Crippen MR) is 132 cm³/mol. The molecule has 4 saturated carbocycles. The van der Waals surface area contributed by atoms with Gasteiger partial charge in [0.15, 0.2) is 0 Å². The smallest absolute Gasteiger partial charge is 0.0788 e. The van der Waals surface area contributed by atoms with Crippen molar-refractivity contribution >= 4 is 0 Å². The Bertz CT molecular complexity index is 786. The molecule has 0 amide bonds. The Morgan fingerprint density at radius 2 is 1.44 bits per heavy atom. The van der Waals surface area contributed by atoms with Crippen molar-refractivity contribution in [2.45, 2.75) is 130 Å². The van der Waals surface area contributed by atoms with Gasteiger partial charge < -0.3 is 9.84 Å². The molecule has 5 fully saturated rings. The first-order chi connectivity index (χ1) is 14.8. The van der Waals surface area contributed by atoms with Crippen LogP contribution in [0.1, 0.15) is 113 Å². The molecule has 0 aromatic rings. The summed E-state index contributed by atoms with van der Waals surface area (Å²) in [6, 6.07) is 0. The molecule has 32 heavy (non-hydrogen) atoms. The number of hydrogen-bond acceptors (Lipinski definition) is 2. The Balaban J connectivity index is 1.45. The van der Waals surface area contributed by atoms with Crippen LogP contribution in [0.2, 0.25) is 0 Å². The van der Waals surface area contributed by atoms with Gasteiger partial charge in [0.1, 0.15) is 0 Å². The summed E-state index contributed by atoms with van der Waals surface area (Å²) in [5, 5.41) is 10.9. The summed E-state index contributed by atoms with van der Waals surface area (Å²) in [5.74, 6) is 2.94. The van der Waals surface area contributed by atoms with Crippen molar-refractivity contribution in [1.29, 1.82) is 0 Å². The molecule has 2 nitrogen and oxygen atoms in total. The number of hydrogen-bond donors (Lipinski definition) is 1. The molecule has 4 aliphatic carbocycles. The molecule has 1 aliphatic heterocycles. The molecule has 5 aliphatic rings. The van der Waals surface area contributed by atoms with E-state index in [0.29, 0.717) is 28.1 Å². The van der Waals surface area contributed by atoms with Gasteiger partial charge in [-0.2, -0.15) is 0 Å². The average molecular weight is 443 g/mol. The van der Waals surface area contributed by atoms with Gasteiger partial charge >= 0.3 is 0 Å². The monoisotopic (exact) mass is 442 g/mol. The van der Waals surface area contributed by atoms with Crippen molar-refractivity contribution in [3.63, 3.8) is 0 Å². The molecule has 0 spiro atoms. The van der Waals surface area contributed by atoms with Gasteiger partial charge in [-0.15, -0.1) is 0 Å². The minimum absolute atomic E-state index is 0.0350. The highest BCUT2D eigenvalue weighted by Crippen LogP contribution is 2.76. The first kappa shape index (κ1) is 23.4. The van der Waals surface area contributed by atoms with Crippen LogP contribution in [0.3, 0.4) is 0 Å². The molecule has 2 heteroatoms. The van der Waals surface area contributed by atoms with Gasteiger partial charge in [0.25, 0.3) is 0 Å². The van der Waals surface area contributed by atoms with Crippen LogP contribution in [0.5, 0.6) is 0 Å². The standard InChI is InChI=1S/C30H50O2/c1-19(2)22-12-18-30(8,32-22)21-11-16-28(6)20(21)9-10-24-27(5)15-14-25(31)26(3,4)23(27)13-17-29(24,28)7/h20-25,31H,1,9-18H2,2-8H3. The van der Waals surface area contributed by atoms with E-state index in [0.717, 1.165) is 24.7 Å². The molecular formula is C30H50O2. The Labute approximate surface area is 198 Å². The molecule has 10 atom stereocenters. The largest absolute Gasteiger partial charge is 0.393 e. The number of rotatable bonds is 2. The van der Waals surface area contributed by atoms with Crippen molar-refractivity contribution in [3.8, 4) is 0 Å². The molecule has 0 bridgehead atoms. The van der Waals surface area contributed by atoms with Crippen LogP contribution in [-0.4, -0.2) is 22.9 Å². The summed E-state index contributed by atoms with van der Waals surface area (Å²) in [5.41, 5.74) is 2.50. The van der Waals surface area contributed by atoms with E-state index in [1.807, 2.05) is 0 Å². The summed E-state index contributed by atoms with van der Waals surface area (Å²) >= 11 is 0. The summed E-state index contributed by atoms with van der Waals surface area (Å²) in [7, 11) is 0. The second kappa shape index (κ2) is 7.09. The quantitative estimate of drug-likeness (QED) is 0.447. The highest BCUT2D eigenvalue weighted by Gasteiger charge is 2.69. The molecule has 0 aromatic carbocycles. The minimum Gasteiger partial charge on any atom is -0.393 e. The van der Waals surface area contributed by atoms with E-state index < -0.39 is 0 Å². The number of aliphatic hydroxyl groups excluding tert-OH is 1. The summed E-state index contributed by atoms with van der Waals surface area (Å²) in [6.07, 6.45) is 12.8. The third kappa shape index (κ3) is 2.84. The van der Waals surface area contributed by atoms with E-state index in [-0.39, 0.29) is 23.2 Å². The molecule has 1 N–H and O–H groups in total. The van der Waals surface area contributed by atoms with Crippen LogP contribution >= 0.6 is 0 Å². The highest BCUT2D eigenvalue weighted by molar-refractivity contribution is 5.19. The highest BCUT2D eigenvalue weighted by atomic mass is 16.5. The Kier molecular flexibility index (Phi) is 5.19. The zero-order valence-electron chi connectivity index (χ0n) is 22.1. The predicted octanol–water partition coefficient (Wildman–Crippen LogP) is 7.55. The fraction of sp³-hybridized carbons (Fsp3) is 0.933. The van der Waals surface area contributed by atoms with Crippen LogP contribution < -0.4 is 0 Å². The fourth-order valence-corrected chi connectivity index (χ4v) is 10.9. The topological polar surface area (TPSA) is 29.5 Å².